The van der Waals surface area contributed by atoms with Crippen molar-refractivity contribution in [3.8, 4) is 0 Å². The number of hydrogen-bond acceptors (Lipinski definition) is 5. The number of piperidine rings is 1. The number of carbonyl (C=O) groups excluding carboxylic acids is 1. The van der Waals surface area contributed by atoms with Crippen LogP contribution >= 0.6 is 34.8 Å². The third-order valence-corrected chi connectivity index (χ3v) is 10.6. The van der Waals surface area contributed by atoms with Gasteiger partial charge in [-0.1, -0.05) is 46.9 Å². The van der Waals surface area contributed by atoms with Gasteiger partial charge in [0, 0.05) is 33.8 Å². The van der Waals surface area contributed by atoms with Crippen LogP contribution in [0.4, 0.5) is 11.4 Å². The summed E-state index contributed by atoms with van der Waals surface area (Å²) in [6.07, 6.45) is 1.05. The molecule has 0 aliphatic carbocycles. The molecule has 8 nitrogen and oxygen atoms in total. The normalized spacial score (nSPS) is 16.6. The average molecular weight is 631 g/mol. The van der Waals surface area contributed by atoms with E-state index in [0.29, 0.717) is 51.9 Å². The van der Waals surface area contributed by atoms with Crippen molar-refractivity contribution in [2.45, 2.75) is 30.4 Å². The molecule has 3 aromatic rings. The quantitative estimate of drug-likeness (QED) is 0.320. The average Bonchev–Trinajstić information content (AvgIpc) is 2.89. The molecule has 0 aromatic heterocycles. The van der Waals surface area contributed by atoms with Gasteiger partial charge in [0.25, 0.3) is 10.0 Å². The van der Waals surface area contributed by atoms with Gasteiger partial charge < -0.3 is 5.32 Å². The molecule has 1 aliphatic rings. The van der Waals surface area contributed by atoms with E-state index in [1.807, 2.05) is 0 Å². The molecule has 0 spiro atoms. The molecular formula is C26H26Cl3N3O5S2. The van der Waals surface area contributed by atoms with Crippen LogP contribution in [-0.2, 0) is 30.6 Å². The van der Waals surface area contributed by atoms with Crippen LogP contribution in [0.5, 0.6) is 0 Å². The van der Waals surface area contributed by atoms with Crippen LogP contribution in [0.2, 0.25) is 15.1 Å². The van der Waals surface area contributed by atoms with Crippen molar-refractivity contribution < 1.29 is 21.6 Å². The van der Waals surface area contributed by atoms with Crippen molar-refractivity contribution in [2.24, 2.45) is 5.92 Å². The molecule has 1 saturated heterocycles. The summed E-state index contributed by atoms with van der Waals surface area (Å²) in [5.74, 6) is -1.21. The van der Waals surface area contributed by atoms with Crippen molar-refractivity contribution >= 4 is 72.1 Å². The Bertz CT molecular complexity index is 1600. The van der Waals surface area contributed by atoms with Crippen LogP contribution in [0.3, 0.4) is 0 Å². The summed E-state index contributed by atoms with van der Waals surface area (Å²) >= 11 is 18.1. The first-order valence-electron chi connectivity index (χ1n) is 12.0. The molecule has 39 heavy (non-hydrogen) atoms. The Kier molecular flexibility index (Phi) is 9.15. The lowest BCUT2D eigenvalue weighted by atomic mass is 9.99. The molecule has 1 aliphatic heterocycles. The van der Waals surface area contributed by atoms with Gasteiger partial charge in [-0.25, -0.2) is 21.1 Å². The second kappa shape index (κ2) is 12.0. The second-order valence-corrected chi connectivity index (χ2v) is 14.1. The summed E-state index contributed by atoms with van der Waals surface area (Å²) in [6.45, 7) is 2.06. The smallest absolute Gasteiger partial charge is 0.261 e. The minimum absolute atomic E-state index is 0.00988. The Morgan fingerprint density at radius 1 is 0.974 bits per heavy atom. The third-order valence-electron chi connectivity index (χ3n) is 6.45. The summed E-state index contributed by atoms with van der Waals surface area (Å²) in [5.41, 5.74) is 1.80. The monoisotopic (exact) mass is 629 g/mol. The van der Waals surface area contributed by atoms with E-state index in [1.165, 1.54) is 34.6 Å². The van der Waals surface area contributed by atoms with Gasteiger partial charge in [0.15, 0.2) is 0 Å². The molecule has 2 N–H and O–H groups in total. The maximum Gasteiger partial charge on any atom is 0.261 e. The topological polar surface area (TPSA) is 113 Å². The van der Waals surface area contributed by atoms with Crippen molar-refractivity contribution in [2.75, 3.05) is 23.1 Å². The summed E-state index contributed by atoms with van der Waals surface area (Å²) in [7, 11) is -7.61. The number of anilines is 2. The number of amides is 1. The van der Waals surface area contributed by atoms with Crippen molar-refractivity contribution in [1.82, 2.24) is 4.31 Å². The van der Waals surface area contributed by atoms with Gasteiger partial charge >= 0.3 is 0 Å². The summed E-state index contributed by atoms with van der Waals surface area (Å²) < 4.78 is 55.6. The van der Waals surface area contributed by atoms with Gasteiger partial charge in [0.05, 0.1) is 22.3 Å². The van der Waals surface area contributed by atoms with E-state index < -0.39 is 26.0 Å². The SMILES string of the molecule is Cc1c(Cl)cccc1NS(=O)(=O)c1ccc(NC(=O)C2CCCN(S(=O)(=O)Cc3ccc(Cl)cc3Cl)C2)cc1. The molecular weight excluding hydrogens is 605 g/mol. The number of rotatable bonds is 8. The number of halogens is 3. The standard InChI is InChI=1S/C26H26Cl3N3O5S2/c1-17-23(28)5-2-6-25(17)31-39(36,37)22-11-9-21(10-12-22)30-26(33)18-4-3-13-32(15-18)38(34,35)16-19-7-8-20(27)14-24(19)29/h2,5-12,14,18,31H,3-4,13,15-16H2,1H3,(H,30,33). The number of carbonyl (C=O) groups is 1. The zero-order chi connectivity index (χ0) is 28.4. The highest BCUT2D eigenvalue weighted by Gasteiger charge is 2.33. The van der Waals surface area contributed by atoms with E-state index >= 15 is 0 Å². The first kappa shape index (κ1) is 29.6. The first-order valence-corrected chi connectivity index (χ1v) is 16.2. The van der Waals surface area contributed by atoms with Crippen molar-refractivity contribution in [1.29, 1.82) is 0 Å². The molecule has 0 radical (unpaired) electrons. The van der Waals surface area contributed by atoms with Crippen molar-refractivity contribution in [3.05, 3.63) is 86.9 Å². The Morgan fingerprint density at radius 3 is 2.38 bits per heavy atom. The molecule has 1 unspecified atom stereocenters. The third kappa shape index (κ3) is 7.25. The van der Waals surface area contributed by atoms with Crippen LogP contribution in [-0.4, -0.2) is 40.1 Å². The van der Waals surface area contributed by atoms with E-state index in [0.717, 1.165) is 0 Å². The number of sulfonamides is 2. The number of nitrogens with zero attached hydrogens (tertiary/aromatic N) is 1. The van der Waals surface area contributed by atoms with E-state index in [2.05, 4.69) is 10.0 Å². The fourth-order valence-electron chi connectivity index (χ4n) is 4.22. The van der Waals surface area contributed by atoms with Crippen molar-refractivity contribution in [3.63, 3.8) is 0 Å². The molecule has 1 fully saturated rings. The fourth-order valence-corrected chi connectivity index (χ4v) is 7.71. The highest BCUT2D eigenvalue weighted by atomic mass is 35.5. The molecule has 208 valence electrons. The van der Waals surface area contributed by atoms with Gasteiger partial charge in [-0.3, -0.25) is 9.52 Å². The lowest BCUT2D eigenvalue weighted by Crippen LogP contribution is -2.44. The zero-order valence-corrected chi connectivity index (χ0v) is 24.7. The zero-order valence-electron chi connectivity index (χ0n) is 20.8. The van der Waals surface area contributed by atoms with Crippen LogP contribution in [0, 0.1) is 12.8 Å². The lowest BCUT2D eigenvalue weighted by Gasteiger charge is -2.31. The number of benzene rings is 3. The molecule has 13 heteroatoms. The Labute approximate surface area is 243 Å². The molecule has 1 heterocycles. The minimum Gasteiger partial charge on any atom is -0.326 e. The summed E-state index contributed by atoms with van der Waals surface area (Å²) in [4.78, 5) is 13.0. The minimum atomic E-state index is -3.88. The van der Waals surface area contributed by atoms with Gasteiger partial charge in [-0.2, -0.15) is 0 Å². The summed E-state index contributed by atoms with van der Waals surface area (Å²) in [5, 5.41) is 3.88. The second-order valence-electron chi connectivity index (χ2n) is 9.22. The molecule has 3 aromatic carbocycles. The maximum atomic E-state index is 13.1. The molecule has 1 amide bonds. The maximum absolute atomic E-state index is 13.1. The van der Waals surface area contributed by atoms with Crippen LogP contribution in [0.1, 0.15) is 24.0 Å². The summed E-state index contributed by atoms with van der Waals surface area (Å²) in [6, 6.07) is 15.3. The van der Waals surface area contributed by atoms with Crippen LogP contribution in [0.25, 0.3) is 0 Å². The largest absolute Gasteiger partial charge is 0.326 e. The molecule has 0 bridgehead atoms. The van der Waals surface area contributed by atoms with E-state index in [9.17, 15) is 21.6 Å². The van der Waals surface area contributed by atoms with E-state index in [-0.39, 0.29) is 28.1 Å². The molecule has 0 saturated carbocycles. The lowest BCUT2D eigenvalue weighted by molar-refractivity contribution is -0.120. The Morgan fingerprint density at radius 2 is 1.69 bits per heavy atom. The predicted octanol–water partition coefficient (Wildman–Crippen LogP) is 5.94. The Balaban J connectivity index is 1.40. The fraction of sp³-hybridized carbons (Fsp3) is 0.269. The van der Waals surface area contributed by atoms with Gasteiger partial charge in [0.2, 0.25) is 15.9 Å². The van der Waals surface area contributed by atoms with Gasteiger partial charge in [0.1, 0.15) is 0 Å². The van der Waals surface area contributed by atoms with Crippen LogP contribution in [0.15, 0.2) is 65.6 Å². The highest BCUT2D eigenvalue weighted by molar-refractivity contribution is 7.92. The van der Waals surface area contributed by atoms with E-state index in [4.69, 9.17) is 34.8 Å². The number of hydrogen-bond donors (Lipinski definition) is 2. The Hall–Kier alpha value is -2.34. The van der Waals surface area contributed by atoms with Crippen LogP contribution < -0.4 is 10.0 Å². The molecule has 4 rings (SSSR count). The predicted molar refractivity (Wildman–Crippen MR) is 155 cm³/mol. The van der Waals surface area contributed by atoms with Gasteiger partial charge in [-0.15, -0.1) is 0 Å². The first-order chi connectivity index (χ1) is 18.4. The number of nitrogens with one attached hydrogen (secondary N) is 2. The molecule has 1 atom stereocenters. The highest BCUT2D eigenvalue weighted by Crippen LogP contribution is 2.28. The van der Waals surface area contributed by atoms with E-state index in [1.54, 1.807) is 37.3 Å². The van der Waals surface area contributed by atoms with Gasteiger partial charge in [-0.05, 0) is 79.4 Å².